The molecule has 0 saturated heterocycles. The molecule has 102 valence electrons. The van der Waals surface area contributed by atoms with Crippen LogP contribution in [0.25, 0.3) is 0 Å². The minimum absolute atomic E-state index is 0. The fourth-order valence-electron chi connectivity index (χ4n) is 0. The van der Waals surface area contributed by atoms with Crippen LogP contribution in [0, 0.1) is 0 Å². The smallest absolute Gasteiger partial charge is 0.398 e. The molecule has 0 aromatic carbocycles. The Labute approximate surface area is 96.5 Å². The second kappa shape index (κ2) is 24.8. The van der Waals surface area contributed by atoms with Crippen molar-refractivity contribution in [1.29, 1.82) is 0 Å². The second-order valence-corrected chi connectivity index (χ2v) is 1.24. The van der Waals surface area contributed by atoms with Crippen LogP contribution < -0.4 is 0 Å². The molecule has 0 aliphatic rings. The van der Waals surface area contributed by atoms with Gasteiger partial charge in [0.05, 0.1) is 8.41 Å². The minimum atomic E-state index is -2.67. The van der Waals surface area contributed by atoms with Crippen LogP contribution in [-0.2, 0) is 0 Å². The summed E-state index contributed by atoms with van der Waals surface area (Å²) in [5.74, 6) is 0. The van der Waals surface area contributed by atoms with Crippen molar-refractivity contribution in [2.45, 2.75) is 0 Å². The van der Waals surface area contributed by atoms with Gasteiger partial charge in [0, 0.05) is 0 Å². The molecule has 17 heteroatoms. The maximum atomic E-state index is 10.1. The van der Waals surface area contributed by atoms with Crippen molar-refractivity contribution in [3.8, 4) is 0 Å². The molecule has 0 amide bonds. The quantitative estimate of drug-likeness (QED) is 0.159. The highest BCUT2D eigenvalue weighted by molar-refractivity contribution is 6.32. The molecule has 0 spiro atoms. The van der Waals surface area contributed by atoms with Crippen LogP contribution in [0.2, 0.25) is 0 Å². The lowest BCUT2D eigenvalue weighted by Gasteiger charge is -1.65. The Balaban J connectivity index is -0.0000000369. The van der Waals surface area contributed by atoms with Gasteiger partial charge in [-0.15, -0.1) is 0 Å². The topological polar surface area (TPSA) is 162 Å². The van der Waals surface area contributed by atoms with E-state index in [1.54, 1.807) is 0 Å². The molecule has 0 fully saturated rings. The molecule has 8 nitrogen and oxygen atoms in total. The summed E-state index contributed by atoms with van der Waals surface area (Å²) in [6.07, 6.45) is 0. The lowest BCUT2D eigenvalue weighted by molar-refractivity contribution is 0.338. The third kappa shape index (κ3) is 39100. The summed E-state index contributed by atoms with van der Waals surface area (Å²) in [6.45, 7) is 0. The number of rotatable bonds is 0. The molecule has 0 aromatic rings. The lowest BCUT2D eigenvalue weighted by Crippen LogP contribution is -1.98. The van der Waals surface area contributed by atoms with E-state index in [-0.39, 0.29) is 8.41 Å². The van der Waals surface area contributed by atoms with Gasteiger partial charge in [0.15, 0.2) is 0 Å². The molecule has 0 aromatic heterocycles. The molecule has 8 N–H and O–H groups in total. The average Bonchev–Trinajstić information content (AvgIpc) is 1.76. The number of hydrogen-bond acceptors (Lipinski definition) is 8. The van der Waals surface area contributed by atoms with Crippen LogP contribution in [0.1, 0.15) is 0 Å². The van der Waals surface area contributed by atoms with Crippen molar-refractivity contribution < 1.29 is 57.5 Å². The van der Waals surface area contributed by atoms with E-state index in [0.717, 1.165) is 0 Å². The van der Waals surface area contributed by atoms with E-state index in [9.17, 15) is 17.3 Å². The molecule has 0 unspecified atom stereocenters. The van der Waals surface area contributed by atoms with Crippen LogP contribution >= 0.6 is 0 Å². The van der Waals surface area contributed by atoms with E-state index in [4.69, 9.17) is 40.2 Å². The normalized spacial score (nSPS) is 6.35. The summed E-state index contributed by atoms with van der Waals surface area (Å²) in [4.78, 5) is 0. The zero-order valence-electron chi connectivity index (χ0n) is 7.40. The predicted molar refractivity (Wildman–Crippen MR) is 55.1 cm³/mol. The minimum Gasteiger partial charge on any atom is -0.398 e. The van der Waals surface area contributed by atoms with E-state index in [2.05, 4.69) is 0 Å². The van der Waals surface area contributed by atoms with Crippen LogP contribution in [-0.4, -0.2) is 78.2 Å². The van der Waals surface area contributed by atoms with Gasteiger partial charge >= 0.3 is 29.6 Å². The standard InChI is InChI=1S/4BFH2O2.BH3/c4*2-1(3)4;/h4*3-4H;1H3. The molecular weight excluding hydrogens is 258 g/mol. The SMILES string of the molecule is B.OB(O)F.OB(O)F.OB(O)F.OB(O)F. The third-order valence-corrected chi connectivity index (χ3v) is 0. The van der Waals surface area contributed by atoms with Crippen LogP contribution in [0.4, 0.5) is 17.3 Å². The second-order valence-electron chi connectivity index (χ2n) is 1.24. The van der Waals surface area contributed by atoms with Crippen molar-refractivity contribution in [2.75, 3.05) is 0 Å². The highest BCUT2D eigenvalue weighted by atomic mass is 19.1. The van der Waals surface area contributed by atoms with Gasteiger partial charge in [0.25, 0.3) is 0 Å². The molecule has 0 aliphatic carbocycles. The van der Waals surface area contributed by atoms with Gasteiger partial charge in [-0.05, 0) is 0 Å². The first-order valence-corrected chi connectivity index (χ1v) is 2.94. The summed E-state index contributed by atoms with van der Waals surface area (Å²) in [7, 11) is -10.7. The maximum absolute atomic E-state index is 10.1. The highest BCUT2D eigenvalue weighted by Gasteiger charge is 1.98. The van der Waals surface area contributed by atoms with E-state index >= 15 is 0 Å². The fraction of sp³-hybridized carbons (Fsp3) is 0. The van der Waals surface area contributed by atoms with Crippen LogP contribution in [0.15, 0.2) is 0 Å². The Morgan fingerprint density at radius 3 is 0.412 bits per heavy atom. The number of hydrogen-bond donors (Lipinski definition) is 8. The molecular formula is H11B5F4O8. The van der Waals surface area contributed by atoms with Gasteiger partial charge in [-0.2, -0.15) is 0 Å². The molecule has 0 heterocycles. The van der Waals surface area contributed by atoms with E-state index in [0.29, 0.717) is 0 Å². The summed E-state index contributed by atoms with van der Waals surface area (Å²) in [6, 6.07) is 0. The van der Waals surface area contributed by atoms with Crippen molar-refractivity contribution in [3.63, 3.8) is 0 Å². The van der Waals surface area contributed by atoms with Gasteiger partial charge in [-0.25, -0.2) is 0 Å². The third-order valence-electron chi connectivity index (χ3n) is 0. The predicted octanol–water partition coefficient (Wildman–Crippen LogP) is -5.48. The Kier molecular flexibility index (Phi) is 43.9. The summed E-state index contributed by atoms with van der Waals surface area (Å²) in [5.41, 5.74) is 0. The van der Waals surface area contributed by atoms with Gasteiger partial charge in [0.1, 0.15) is 0 Å². The molecule has 0 saturated carbocycles. The first-order chi connectivity index (χ1) is 6.93. The van der Waals surface area contributed by atoms with E-state index in [1.807, 2.05) is 0 Å². The van der Waals surface area contributed by atoms with Gasteiger partial charge in [-0.1, -0.05) is 0 Å². The van der Waals surface area contributed by atoms with Crippen molar-refractivity contribution >= 4 is 38.0 Å². The summed E-state index contributed by atoms with van der Waals surface area (Å²) < 4.78 is 40.4. The van der Waals surface area contributed by atoms with Crippen molar-refractivity contribution in [3.05, 3.63) is 0 Å². The Morgan fingerprint density at radius 2 is 0.412 bits per heavy atom. The van der Waals surface area contributed by atoms with E-state index < -0.39 is 29.6 Å². The largest absolute Gasteiger partial charge is 0.674 e. The van der Waals surface area contributed by atoms with Crippen molar-refractivity contribution in [1.82, 2.24) is 0 Å². The monoisotopic (exact) mass is 270 g/mol. The fourth-order valence-corrected chi connectivity index (χ4v) is 0. The lowest BCUT2D eigenvalue weighted by atomic mass is 10.3. The van der Waals surface area contributed by atoms with Crippen LogP contribution in [0.5, 0.6) is 0 Å². The Morgan fingerprint density at radius 1 is 0.412 bits per heavy atom. The van der Waals surface area contributed by atoms with Gasteiger partial charge in [-0.3, -0.25) is 17.3 Å². The first kappa shape index (κ1) is 30.1. The number of halogens is 4. The first-order valence-electron chi connectivity index (χ1n) is 2.94. The van der Waals surface area contributed by atoms with Gasteiger partial charge < -0.3 is 40.2 Å². The maximum Gasteiger partial charge on any atom is 0.674 e. The molecule has 0 aliphatic heterocycles. The highest BCUT2D eigenvalue weighted by Crippen LogP contribution is 1.58. The average molecular weight is 269 g/mol. The van der Waals surface area contributed by atoms with Crippen LogP contribution in [0.3, 0.4) is 0 Å². The summed E-state index contributed by atoms with van der Waals surface area (Å²) in [5, 5.41) is 55.6. The zero-order chi connectivity index (χ0) is 14.3. The Hall–Kier alpha value is -0.275. The molecule has 0 radical (unpaired) electrons. The molecule has 0 bridgehead atoms. The molecule has 17 heavy (non-hydrogen) atoms. The molecule has 0 atom stereocenters. The Bertz CT molecular complexity index is 68.9. The zero-order valence-corrected chi connectivity index (χ0v) is 7.40. The van der Waals surface area contributed by atoms with E-state index in [1.165, 1.54) is 0 Å². The van der Waals surface area contributed by atoms with Crippen molar-refractivity contribution in [2.24, 2.45) is 0 Å². The summed E-state index contributed by atoms with van der Waals surface area (Å²) >= 11 is 0. The molecule has 0 rings (SSSR count). The van der Waals surface area contributed by atoms with Gasteiger partial charge in [0.2, 0.25) is 0 Å².